The molecule has 0 aliphatic carbocycles. The number of aromatic nitrogens is 4. The lowest BCUT2D eigenvalue weighted by atomic mass is 9.86. The van der Waals surface area contributed by atoms with Gasteiger partial charge in [0.15, 0.2) is 11.5 Å². The number of H-pyrrole nitrogens is 1. The molecule has 17 heavy (non-hydrogen) atoms. The van der Waals surface area contributed by atoms with E-state index in [-0.39, 0.29) is 5.54 Å². The Bertz CT molecular complexity index is 504. The van der Waals surface area contributed by atoms with Crippen LogP contribution in [-0.2, 0) is 0 Å². The molecule has 0 amide bonds. The van der Waals surface area contributed by atoms with Crippen molar-refractivity contribution in [2.45, 2.75) is 39.7 Å². The van der Waals surface area contributed by atoms with Gasteiger partial charge in [0.2, 0.25) is 0 Å². The van der Waals surface area contributed by atoms with E-state index in [1.807, 2.05) is 0 Å². The minimum absolute atomic E-state index is 0.0202. The monoisotopic (exact) mass is 233 g/mol. The Balaban J connectivity index is 2.38. The zero-order valence-electron chi connectivity index (χ0n) is 10.8. The van der Waals surface area contributed by atoms with Gasteiger partial charge in [0, 0.05) is 5.54 Å². The third-order valence-electron chi connectivity index (χ3n) is 3.64. The summed E-state index contributed by atoms with van der Waals surface area (Å²) in [6, 6.07) is 0. The maximum atomic E-state index is 4.30. The maximum absolute atomic E-state index is 4.30. The first-order chi connectivity index (χ1) is 8.07. The smallest absolute Gasteiger partial charge is 0.182 e. The fourth-order valence-electron chi connectivity index (χ4n) is 1.77. The van der Waals surface area contributed by atoms with Crippen molar-refractivity contribution in [2.75, 3.05) is 5.32 Å². The lowest BCUT2D eigenvalue weighted by Gasteiger charge is -2.34. The lowest BCUT2D eigenvalue weighted by Crippen LogP contribution is -2.39. The molecular formula is C12H19N5. The molecule has 0 saturated heterocycles. The standard InChI is InChI=1S/C12H19N5/c1-5-12(4,8(2)3)17-11-9-10(14-6-13-9)15-7-16-11/h6-8H,5H2,1-4H3,(H2,13,14,15,16,17). The third-order valence-corrected chi connectivity index (χ3v) is 3.64. The number of hydrogen-bond donors (Lipinski definition) is 2. The fraction of sp³-hybridized carbons (Fsp3) is 0.583. The predicted octanol–water partition coefficient (Wildman–Crippen LogP) is 2.59. The van der Waals surface area contributed by atoms with E-state index in [2.05, 4.69) is 52.9 Å². The molecule has 0 aliphatic rings. The highest BCUT2D eigenvalue weighted by Crippen LogP contribution is 2.27. The van der Waals surface area contributed by atoms with Crippen LogP contribution in [0.5, 0.6) is 0 Å². The molecule has 5 nitrogen and oxygen atoms in total. The van der Waals surface area contributed by atoms with Crippen LogP contribution < -0.4 is 5.32 Å². The molecule has 0 aliphatic heterocycles. The summed E-state index contributed by atoms with van der Waals surface area (Å²) in [6.07, 6.45) is 4.22. The van der Waals surface area contributed by atoms with E-state index in [4.69, 9.17) is 0 Å². The van der Waals surface area contributed by atoms with E-state index in [1.54, 1.807) is 12.7 Å². The van der Waals surface area contributed by atoms with Crippen LogP contribution in [0.3, 0.4) is 0 Å². The van der Waals surface area contributed by atoms with E-state index < -0.39 is 0 Å². The molecule has 0 radical (unpaired) electrons. The van der Waals surface area contributed by atoms with Gasteiger partial charge in [-0.1, -0.05) is 20.8 Å². The number of aromatic amines is 1. The lowest BCUT2D eigenvalue weighted by molar-refractivity contribution is 0.361. The van der Waals surface area contributed by atoms with Crippen molar-refractivity contribution in [1.29, 1.82) is 0 Å². The molecule has 0 fully saturated rings. The van der Waals surface area contributed by atoms with Gasteiger partial charge in [-0.15, -0.1) is 0 Å². The van der Waals surface area contributed by atoms with Crippen LogP contribution in [-0.4, -0.2) is 25.5 Å². The molecule has 1 atom stereocenters. The van der Waals surface area contributed by atoms with Crippen molar-refractivity contribution in [3.05, 3.63) is 12.7 Å². The zero-order valence-corrected chi connectivity index (χ0v) is 10.8. The molecule has 0 aromatic carbocycles. The van der Waals surface area contributed by atoms with Gasteiger partial charge in [-0.05, 0) is 19.3 Å². The number of imidazole rings is 1. The van der Waals surface area contributed by atoms with Crippen molar-refractivity contribution < 1.29 is 0 Å². The minimum Gasteiger partial charge on any atom is -0.363 e. The molecule has 2 rings (SSSR count). The van der Waals surface area contributed by atoms with Gasteiger partial charge >= 0.3 is 0 Å². The van der Waals surface area contributed by atoms with E-state index in [0.717, 1.165) is 17.8 Å². The second-order valence-corrected chi connectivity index (χ2v) is 4.87. The summed E-state index contributed by atoms with van der Waals surface area (Å²) >= 11 is 0. The van der Waals surface area contributed by atoms with Gasteiger partial charge in [-0.3, -0.25) is 0 Å². The summed E-state index contributed by atoms with van der Waals surface area (Å²) in [5.74, 6) is 1.34. The number of anilines is 1. The highest BCUT2D eigenvalue weighted by Gasteiger charge is 2.27. The second-order valence-electron chi connectivity index (χ2n) is 4.87. The van der Waals surface area contributed by atoms with Crippen LogP contribution in [0, 0.1) is 5.92 Å². The molecule has 2 N–H and O–H groups in total. The van der Waals surface area contributed by atoms with Crippen LogP contribution in [0.1, 0.15) is 34.1 Å². The van der Waals surface area contributed by atoms with Crippen LogP contribution in [0.4, 0.5) is 5.82 Å². The predicted molar refractivity (Wildman–Crippen MR) is 68.8 cm³/mol. The molecular weight excluding hydrogens is 214 g/mol. The van der Waals surface area contributed by atoms with E-state index in [9.17, 15) is 0 Å². The van der Waals surface area contributed by atoms with Crippen molar-refractivity contribution >= 4 is 17.0 Å². The molecule has 92 valence electrons. The normalized spacial score (nSPS) is 15.1. The minimum atomic E-state index is 0.0202. The molecule has 5 heteroatoms. The summed E-state index contributed by atoms with van der Waals surface area (Å²) in [6.45, 7) is 8.81. The summed E-state index contributed by atoms with van der Waals surface area (Å²) in [5.41, 5.74) is 1.59. The van der Waals surface area contributed by atoms with Gasteiger partial charge in [0.1, 0.15) is 11.8 Å². The van der Waals surface area contributed by atoms with Gasteiger partial charge < -0.3 is 10.3 Å². The first kappa shape index (κ1) is 11.8. The van der Waals surface area contributed by atoms with Crippen molar-refractivity contribution in [3.63, 3.8) is 0 Å². The van der Waals surface area contributed by atoms with Crippen LogP contribution in [0.15, 0.2) is 12.7 Å². The summed E-state index contributed by atoms with van der Waals surface area (Å²) in [4.78, 5) is 15.6. The first-order valence-electron chi connectivity index (χ1n) is 5.99. The maximum Gasteiger partial charge on any atom is 0.182 e. The molecule has 2 heterocycles. The van der Waals surface area contributed by atoms with E-state index in [0.29, 0.717) is 11.6 Å². The molecule has 0 bridgehead atoms. The Kier molecular flexibility index (Phi) is 3.00. The van der Waals surface area contributed by atoms with Crippen LogP contribution >= 0.6 is 0 Å². The van der Waals surface area contributed by atoms with Crippen molar-refractivity contribution in [2.24, 2.45) is 5.92 Å². The Hall–Kier alpha value is -1.65. The SMILES string of the molecule is CCC(C)(Nc1ncnc2nc[nH]c12)C(C)C. The number of nitrogens with one attached hydrogen (secondary N) is 2. The third kappa shape index (κ3) is 2.09. The molecule has 0 saturated carbocycles. The first-order valence-corrected chi connectivity index (χ1v) is 5.99. The molecule has 2 aromatic heterocycles. The van der Waals surface area contributed by atoms with Crippen molar-refractivity contribution in [3.8, 4) is 0 Å². The van der Waals surface area contributed by atoms with E-state index in [1.165, 1.54) is 0 Å². The Morgan fingerprint density at radius 2 is 2.12 bits per heavy atom. The molecule has 1 unspecified atom stereocenters. The Labute approximate surface area is 101 Å². The van der Waals surface area contributed by atoms with Crippen LogP contribution in [0.25, 0.3) is 11.2 Å². The van der Waals surface area contributed by atoms with Crippen LogP contribution in [0.2, 0.25) is 0 Å². The van der Waals surface area contributed by atoms with Gasteiger partial charge in [-0.2, -0.15) is 0 Å². The molecule has 2 aromatic rings. The quantitative estimate of drug-likeness (QED) is 0.851. The number of fused-ring (bicyclic) bond motifs is 1. The zero-order chi connectivity index (χ0) is 12.5. The summed E-state index contributed by atoms with van der Waals surface area (Å²) < 4.78 is 0. The average molecular weight is 233 g/mol. The summed E-state index contributed by atoms with van der Waals surface area (Å²) in [7, 11) is 0. The largest absolute Gasteiger partial charge is 0.363 e. The number of hydrogen-bond acceptors (Lipinski definition) is 4. The summed E-state index contributed by atoms with van der Waals surface area (Å²) in [5, 5.41) is 3.51. The Morgan fingerprint density at radius 3 is 2.76 bits per heavy atom. The number of nitrogens with zero attached hydrogens (tertiary/aromatic N) is 3. The molecule has 0 spiro atoms. The van der Waals surface area contributed by atoms with Gasteiger partial charge in [0.05, 0.1) is 6.33 Å². The van der Waals surface area contributed by atoms with E-state index >= 15 is 0 Å². The highest BCUT2D eigenvalue weighted by molar-refractivity contribution is 5.82. The topological polar surface area (TPSA) is 66.5 Å². The van der Waals surface area contributed by atoms with Crippen molar-refractivity contribution in [1.82, 2.24) is 19.9 Å². The Morgan fingerprint density at radius 1 is 1.35 bits per heavy atom. The van der Waals surface area contributed by atoms with Gasteiger partial charge in [-0.25, -0.2) is 15.0 Å². The number of rotatable bonds is 4. The second kappa shape index (κ2) is 4.31. The highest BCUT2D eigenvalue weighted by atomic mass is 15.1. The van der Waals surface area contributed by atoms with Gasteiger partial charge in [0.25, 0.3) is 0 Å². The fourth-order valence-corrected chi connectivity index (χ4v) is 1.77. The average Bonchev–Trinajstić information content (AvgIpc) is 2.77.